The van der Waals surface area contributed by atoms with Crippen LogP contribution in [0, 0.1) is 33.9 Å². The molecule has 1 aromatic heterocycles. The molecule has 9 heteroatoms. The Morgan fingerprint density at radius 3 is 1.85 bits per heavy atom. The maximum atomic E-state index is 13.8. The van der Waals surface area contributed by atoms with Crippen LogP contribution in [0.2, 0.25) is 0 Å². The summed E-state index contributed by atoms with van der Waals surface area (Å²) in [5.74, 6) is -10.5. The van der Waals surface area contributed by atoms with Gasteiger partial charge in [0, 0.05) is 5.92 Å². The molecule has 0 saturated heterocycles. The molecule has 1 aromatic carbocycles. The van der Waals surface area contributed by atoms with Crippen molar-refractivity contribution in [2.45, 2.75) is 19.8 Å². The molecule has 0 saturated carbocycles. The van der Waals surface area contributed by atoms with Crippen LogP contribution >= 0.6 is 12.2 Å². The largest absolute Gasteiger partial charge is 0.266 e. The molecule has 0 aliphatic rings. The average Bonchev–Trinajstić information content (AvgIpc) is 2.77. The summed E-state index contributed by atoms with van der Waals surface area (Å²) in [5.41, 5.74) is -1.14. The highest BCUT2D eigenvalue weighted by Gasteiger charge is 2.29. The van der Waals surface area contributed by atoms with Gasteiger partial charge in [0.25, 0.3) is 0 Å². The van der Waals surface area contributed by atoms with E-state index in [1.54, 1.807) is 13.8 Å². The van der Waals surface area contributed by atoms with Crippen molar-refractivity contribution >= 4 is 12.2 Å². The zero-order chi connectivity index (χ0) is 15.2. The predicted octanol–water partition coefficient (Wildman–Crippen LogP) is 3.75. The number of rotatable bonds is 2. The van der Waals surface area contributed by atoms with Gasteiger partial charge in [-0.15, -0.1) is 0 Å². The Balaban J connectivity index is 2.91. The number of halogens is 5. The van der Waals surface area contributed by atoms with Crippen molar-refractivity contribution in [3.8, 4) is 5.69 Å². The van der Waals surface area contributed by atoms with Gasteiger partial charge in [-0.3, -0.25) is 9.67 Å². The molecule has 0 aliphatic heterocycles. The molecule has 0 bridgehead atoms. The zero-order valence-electron chi connectivity index (χ0n) is 10.3. The van der Waals surface area contributed by atoms with Crippen molar-refractivity contribution in [3.05, 3.63) is 39.7 Å². The lowest BCUT2D eigenvalue weighted by Gasteiger charge is -2.12. The Kier molecular flexibility index (Phi) is 3.63. The standard InChI is InChI=1S/C11H8F5N3S/c1-3(2)10-17-18-11(20)19(10)9-7(15)5(13)4(12)6(14)8(9)16/h3H,1-2H3,(H,18,20). The van der Waals surface area contributed by atoms with Gasteiger partial charge in [-0.05, 0) is 12.2 Å². The highest BCUT2D eigenvalue weighted by atomic mass is 32.1. The van der Waals surface area contributed by atoms with Crippen molar-refractivity contribution < 1.29 is 22.0 Å². The number of hydrogen-bond donors (Lipinski definition) is 1. The second-order valence-electron chi connectivity index (χ2n) is 4.30. The van der Waals surface area contributed by atoms with E-state index in [-0.39, 0.29) is 16.5 Å². The fourth-order valence-electron chi connectivity index (χ4n) is 1.70. The van der Waals surface area contributed by atoms with Crippen molar-refractivity contribution in [1.29, 1.82) is 0 Å². The van der Waals surface area contributed by atoms with E-state index in [0.29, 0.717) is 4.57 Å². The van der Waals surface area contributed by atoms with E-state index in [1.807, 2.05) is 0 Å². The van der Waals surface area contributed by atoms with Crippen LogP contribution in [-0.4, -0.2) is 14.8 Å². The first-order chi connectivity index (χ1) is 9.27. The third kappa shape index (κ3) is 2.01. The van der Waals surface area contributed by atoms with Crippen LogP contribution in [0.1, 0.15) is 25.6 Å². The lowest BCUT2D eigenvalue weighted by molar-refractivity contribution is 0.374. The van der Waals surface area contributed by atoms with E-state index in [4.69, 9.17) is 12.2 Å². The van der Waals surface area contributed by atoms with E-state index < -0.39 is 34.8 Å². The fraction of sp³-hybridized carbons (Fsp3) is 0.273. The number of hydrogen-bond acceptors (Lipinski definition) is 2. The van der Waals surface area contributed by atoms with Crippen LogP contribution in [0.25, 0.3) is 5.69 Å². The van der Waals surface area contributed by atoms with Gasteiger partial charge in [0.1, 0.15) is 11.5 Å². The zero-order valence-corrected chi connectivity index (χ0v) is 11.1. The molecule has 1 N–H and O–H groups in total. The average molecular weight is 309 g/mol. The monoisotopic (exact) mass is 309 g/mol. The Labute approximate surface area is 115 Å². The highest BCUT2D eigenvalue weighted by Crippen LogP contribution is 2.28. The first-order valence-electron chi connectivity index (χ1n) is 5.46. The summed E-state index contributed by atoms with van der Waals surface area (Å²) in [6, 6.07) is 0. The smallest absolute Gasteiger partial charge is 0.200 e. The molecule has 0 amide bonds. The molecule has 2 rings (SSSR count). The molecule has 108 valence electrons. The van der Waals surface area contributed by atoms with E-state index in [9.17, 15) is 22.0 Å². The normalized spacial score (nSPS) is 11.4. The maximum Gasteiger partial charge on any atom is 0.200 e. The first kappa shape index (κ1) is 14.6. The molecule has 0 fully saturated rings. The molecule has 20 heavy (non-hydrogen) atoms. The quantitative estimate of drug-likeness (QED) is 0.397. The summed E-state index contributed by atoms with van der Waals surface area (Å²) in [7, 11) is 0. The third-order valence-electron chi connectivity index (χ3n) is 2.62. The summed E-state index contributed by atoms with van der Waals surface area (Å²) in [5, 5.41) is 6.00. The number of aromatic nitrogens is 3. The second-order valence-corrected chi connectivity index (χ2v) is 4.68. The lowest BCUT2D eigenvalue weighted by atomic mass is 10.2. The van der Waals surface area contributed by atoms with Crippen molar-refractivity contribution in [1.82, 2.24) is 14.8 Å². The fourth-order valence-corrected chi connectivity index (χ4v) is 1.93. The van der Waals surface area contributed by atoms with Crippen LogP contribution < -0.4 is 0 Å². The van der Waals surface area contributed by atoms with Gasteiger partial charge in [0.2, 0.25) is 5.82 Å². The lowest BCUT2D eigenvalue weighted by Crippen LogP contribution is -2.12. The SMILES string of the molecule is CC(C)c1n[nH]c(=S)n1-c1c(F)c(F)c(F)c(F)c1F. The molecular formula is C11H8F5N3S. The Morgan fingerprint density at radius 2 is 1.40 bits per heavy atom. The maximum absolute atomic E-state index is 13.8. The Morgan fingerprint density at radius 1 is 0.950 bits per heavy atom. The third-order valence-corrected chi connectivity index (χ3v) is 2.90. The minimum Gasteiger partial charge on any atom is -0.266 e. The molecule has 0 unspecified atom stereocenters. The van der Waals surface area contributed by atoms with E-state index >= 15 is 0 Å². The summed E-state index contributed by atoms with van der Waals surface area (Å²) in [6.45, 7) is 3.26. The van der Waals surface area contributed by atoms with Gasteiger partial charge in [0.05, 0.1) is 0 Å². The molecule has 0 radical (unpaired) electrons. The van der Waals surface area contributed by atoms with E-state index in [1.165, 1.54) is 0 Å². The van der Waals surface area contributed by atoms with Gasteiger partial charge in [0.15, 0.2) is 28.0 Å². The van der Waals surface area contributed by atoms with Gasteiger partial charge >= 0.3 is 0 Å². The summed E-state index contributed by atoms with van der Waals surface area (Å²) >= 11 is 4.79. The number of H-pyrrole nitrogens is 1. The molecule has 0 atom stereocenters. The van der Waals surface area contributed by atoms with Crippen LogP contribution in [0.4, 0.5) is 22.0 Å². The molecular weight excluding hydrogens is 301 g/mol. The van der Waals surface area contributed by atoms with Crippen LogP contribution in [-0.2, 0) is 0 Å². The minimum absolute atomic E-state index is 0.0539. The van der Waals surface area contributed by atoms with Crippen LogP contribution in [0.5, 0.6) is 0 Å². The molecule has 3 nitrogen and oxygen atoms in total. The number of nitrogens with zero attached hydrogens (tertiary/aromatic N) is 2. The van der Waals surface area contributed by atoms with Crippen molar-refractivity contribution in [2.75, 3.05) is 0 Å². The molecule has 1 heterocycles. The van der Waals surface area contributed by atoms with Gasteiger partial charge < -0.3 is 0 Å². The van der Waals surface area contributed by atoms with Crippen molar-refractivity contribution in [3.63, 3.8) is 0 Å². The first-order valence-corrected chi connectivity index (χ1v) is 5.87. The summed E-state index contributed by atoms with van der Waals surface area (Å²) in [6.07, 6.45) is 0. The summed E-state index contributed by atoms with van der Waals surface area (Å²) < 4.78 is 67.4. The van der Waals surface area contributed by atoms with Crippen LogP contribution in [0.3, 0.4) is 0 Å². The number of aromatic amines is 1. The minimum atomic E-state index is -2.22. The highest BCUT2D eigenvalue weighted by molar-refractivity contribution is 7.71. The Bertz CT molecular complexity index is 705. The van der Waals surface area contributed by atoms with Crippen molar-refractivity contribution in [2.24, 2.45) is 0 Å². The number of nitrogens with one attached hydrogen (secondary N) is 1. The predicted molar refractivity (Wildman–Crippen MR) is 62.6 cm³/mol. The molecule has 2 aromatic rings. The van der Waals surface area contributed by atoms with E-state index in [2.05, 4.69) is 10.2 Å². The second kappa shape index (κ2) is 4.97. The van der Waals surface area contributed by atoms with Gasteiger partial charge in [-0.1, -0.05) is 13.8 Å². The topological polar surface area (TPSA) is 33.6 Å². The number of benzene rings is 1. The van der Waals surface area contributed by atoms with Gasteiger partial charge in [-0.25, -0.2) is 22.0 Å². The molecule has 0 spiro atoms. The van der Waals surface area contributed by atoms with Crippen LogP contribution in [0.15, 0.2) is 0 Å². The van der Waals surface area contributed by atoms with Gasteiger partial charge in [-0.2, -0.15) is 5.10 Å². The van der Waals surface area contributed by atoms with E-state index in [0.717, 1.165) is 0 Å². The summed E-state index contributed by atoms with van der Waals surface area (Å²) in [4.78, 5) is 0. The molecule has 0 aliphatic carbocycles. The Hall–Kier alpha value is -1.77.